The molecule has 452 valence electrons. The molecule has 0 spiro atoms. The fourth-order valence-corrected chi connectivity index (χ4v) is 10.5. The first-order valence-electron chi connectivity index (χ1n) is 28.8. The van der Waals surface area contributed by atoms with Crippen LogP contribution in [-0.4, -0.2) is 87.2 Å². The molecule has 90 heavy (non-hydrogen) atoms. The normalized spacial score (nSPS) is 12.3. The Morgan fingerprint density at radius 3 is 1.22 bits per heavy atom. The summed E-state index contributed by atoms with van der Waals surface area (Å²) in [5.74, 6) is -2.52. The first-order valence-corrected chi connectivity index (χ1v) is 28.8. The van der Waals surface area contributed by atoms with Crippen molar-refractivity contribution in [1.29, 1.82) is 0 Å². The van der Waals surface area contributed by atoms with E-state index in [2.05, 4.69) is 29.8 Å². The third-order valence-electron chi connectivity index (χ3n) is 14.9. The molecule has 0 saturated heterocycles. The van der Waals surface area contributed by atoms with E-state index in [0.29, 0.717) is 50.5 Å². The van der Waals surface area contributed by atoms with E-state index >= 15 is 0 Å². The van der Waals surface area contributed by atoms with Gasteiger partial charge in [0.05, 0.1) is 58.7 Å². The number of rotatable bonds is 22. The van der Waals surface area contributed by atoms with Gasteiger partial charge in [0.25, 0.3) is 0 Å². The highest BCUT2D eigenvalue weighted by atomic mass is 16.7. The Hall–Kier alpha value is -11.2. The van der Waals surface area contributed by atoms with E-state index in [1.807, 2.05) is 184 Å². The van der Waals surface area contributed by atoms with Crippen LogP contribution in [0.1, 0.15) is 113 Å². The maximum atomic E-state index is 14.0. The summed E-state index contributed by atoms with van der Waals surface area (Å²) < 4.78 is 16.1. The number of carbonyl (C=O) groups excluding carboxylic acids is 6. The van der Waals surface area contributed by atoms with Crippen molar-refractivity contribution < 1.29 is 57.6 Å². The monoisotopic (exact) mass is 1200 g/mol. The minimum absolute atomic E-state index is 0.112. The van der Waals surface area contributed by atoms with Crippen LogP contribution in [0, 0.1) is 13.8 Å². The van der Waals surface area contributed by atoms with Crippen molar-refractivity contribution >= 4 is 102 Å². The molecule has 0 saturated carbocycles. The summed E-state index contributed by atoms with van der Waals surface area (Å²) in [6.45, 7) is 12.8. The lowest BCUT2D eigenvalue weighted by atomic mass is 9.97. The maximum absolute atomic E-state index is 14.0. The van der Waals surface area contributed by atoms with Crippen LogP contribution in [-0.2, 0) is 48.0 Å². The predicted octanol–water partition coefficient (Wildman–Crippen LogP) is 13.7. The maximum Gasteiger partial charge on any atom is 0.332 e. The molecule has 2 heterocycles. The largest absolute Gasteiger partial charge is 0.499 e. The molecule has 2 aromatic heterocycles. The molecule has 0 fully saturated rings. The van der Waals surface area contributed by atoms with Crippen LogP contribution in [0.4, 0.5) is 0 Å². The zero-order chi connectivity index (χ0) is 63.6. The van der Waals surface area contributed by atoms with E-state index in [0.717, 1.165) is 77.2 Å². The van der Waals surface area contributed by atoms with E-state index in [1.54, 1.807) is 19.9 Å². The first kappa shape index (κ1) is 61.8. The zero-order valence-corrected chi connectivity index (χ0v) is 50.7. The number of carbonyl (C=O) groups is 6. The van der Waals surface area contributed by atoms with Gasteiger partial charge in [-0.3, -0.25) is 9.59 Å². The summed E-state index contributed by atoms with van der Waals surface area (Å²) in [7, 11) is 0. The van der Waals surface area contributed by atoms with Gasteiger partial charge in [0.2, 0.25) is 0 Å². The molecule has 18 heteroatoms. The minimum Gasteiger partial charge on any atom is -0.499 e. The van der Waals surface area contributed by atoms with Crippen molar-refractivity contribution in [2.75, 3.05) is 19.8 Å². The predicted molar refractivity (Wildman–Crippen MR) is 346 cm³/mol. The average molecular weight is 1200 g/mol. The molecule has 8 aromatic carbocycles. The van der Waals surface area contributed by atoms with Gasteiger partial charge in [-0.25, -0.2) is 19.2 Å². The Bertz CT molecular complexity index is 4640. The third kappa shape index (κ3) is 13.9. The van der Waals surface area contributed by atoms with Gasteiger partial charge < -0.3 is 38.0 Å². The van der Waals surface area contributed by atoms with Crippen LogP contribution in [0.25, 0.3) is 55.0 Å². The van der Waals surface area contributed by atoms with Crippen molar-refractivity contribution in [3.63, 3.8) is 0 Å². The summed E-state index contributed by atoms with van der Waals surface area (Å²) >= 11 is 0. The van der Waals surface area contributed by atoms with Gasteiger partial charge in [-0.2, -0.15) is 0 Å². The standard InChI is InChI=1S/C72H62N6O12/c1-43-13-9-11-15-59(43)71(83)55-23-31-69-63(41-55)61-39-53(21-29-67(61)77(69)57-25-17-51(18-26-57)45(3)73-87-47(5)79)65(75-89-49(7)81)33-35-85-37-38-86-36-34-66(76-90-50(8)82)54-22-30-68-62(40-54)64-42-56(72(84)60-16-12-10-14-44(60)2)24-32-70(64)78(68)58-27-19-52(20-28-58)46(4)74-88-48(6)80/h9-33,35,39-42H,34,36-38H2,1-8H3/b35-33-,73-45+,74-46+,75-65-,76-66-. The molecule has 0 N–H and O–H groups in total. The van der Waals surface area contributed by atoms with Crippen LogP contribution < -0.4 is 0 Å². The Morgan fingerprint density at radius 2 is 0.778 bits per heavy atom. The van der Waals surface area contributed by atoms with Crippen molar-refractivity contribution in [3.8, 4) is 11.4 Å². The van der Waals surface area contributed by atoms with E-state index in [9.17, 15) is 28.8 Å². The van der Waals surface area contributed by atoms with Crippen LogP contribution in [0.2, 0.25) is 0 Å². The lowest BCUT2D eigenvalue weighted by Gasteiger charge is -2.11. The smallest absolute Gasteiger partial charge is 0.332 e. The second kappa shape index (κ2) is 27.6. The molecule has 0 unspecified atom stereocenters. The van der Waals surface area contributed by atoms with Crippen LogP contribution >= 0.6 is 0 Å². The highest BCUT2D eigenvalue weighted by Gasteiger charge is 2.22. The Labute approximate surface area is 517 Å². The van der Waals surface area contributed by atoms with Crippen molar-refractivity contribution in [2.45, 2.75) is 61.8 Å². The van der Waals surface area contributed by atoms with Crippen molar-refractivity contribution in [2.24, 2.45) is 20.6 Å². The molecule has 10 aromatic rings. The lowest BCUT2D eigenvalue weighted by molar-refractivity contribution is -0.141. The van der Waals surface area contributed by atoms with Crippen LogP contribution in [0.15, 0.2) is 203 Å². The Balaban J connectivity index is 0.888. The van der Waals surface area contributed by atoms with E-state index in [1.165, 1.54) is 34.0 Å². The van der Waals surface area contributed by atoms with Crippen LogP contribution in [0.3, 0.4) is 0 Å². The minimum atomic E-state index is -0.630. The molecule has 0 amide bonds. The Kier molecular flexibility index (Phi) is 19.0. The second-order valence-electron chi connectivity index (χ2n) is 21.2. The SMILES string of the molecule is CC(=O)O/N=C(/C=C\OCCOCC/C(=N/OC(C)=O)c1ccc2c(c1)c1cc(C(=O)c3ccccc3C)ccc1n2-c1ccc(/C(C)=N/OC(C)=O)cc1)c1ccc2c(c1)c1cc(C(=O)c3ccccc3C)ccc1n2-c1ccc(/C(C)=N/OC(C)=O)cc1. The molecule has 0 atom stereocenters. The summed E-state index contributed by atoms with van der Waals surface area (Å²) in [4.78, 5) is 95.5. The number of fused-ring (bicyclic) bond motifs is 6. The number of oxime groups is 4. The number of nitrogens with zero attached hydrogens (tertiary/aromatic N) is 6. The lowest BCUT2D eigenvalue weighted by Crippen LogP contribution is -2.10. The number of hydrogen-bond donors (Lipinski definition) is 0. The quantitative estimate of drug-likeness (QED) is 0.0155. The fourth-order valence-electron chi connectivity index (χ4n) is 10.5. The number of benzene rings is 8. The van der Waals surface area contributed by atoms with Crippen molar-refractivity contribution in [1.82, 2.24) is 9.13 Å². The molecule has 18 nitrogen and oxygen atoms in total. The topological polar surface area (TPSA) is 217 Å². The average Bonchev–Trinajstić information content (AvgIpc) is 1.62. The van der Waals surface area contributed by atoms with Gasteiger partial charge in [0.15, 0.2) is 11.6 Å². The van der Waals surface area contributed by atoms with Gasteiger partial charge in [0, 0.05) is 106 Å². The highest BCUT2D eigenvalue weighted by Crippen LogP contribution is 2.37. The van der Waals surface area contributed by atoms with Crippen molar-refractivity contribution in [3.05, 3.63) is 238 Å². The molecule has 10 rings (SSSR count). The number of ether oxygens (including phenoxy) is 2. The van der Waals surface area contributed by atoms with E-state index in [4.69, 9.17) is 28.8 Å². The van der Waals surface area contributed by atoms with Gasteiger partial charge in [-0.05, 0) is 135 Å². The number of aromatic nitrogens is 2. The molecule has 0 aliphatic heterocycles. The summed E-state index contributed by atoms with van der Waals surface area (Å²) in [6.07, 6.45) is 3.24. The number of ketones is 2. The zero-order valence-electron chi connectivity index (χ0n) is 50.7. The molecule has 0 bridgehead atoms. The molecule has 0 aliphatic carbocycles. The molecular weight excluding hydrogens is 1140 g/mol. The number of allylic oxidation sites excluding steroid dienone is 1. The fraction of sp³-hybridized carbons (Fsp3) is 0.167. The third-order valence-corrected chi connectivity index (χ3v) is 14.9. The molecule has 0 aliphatic rings. The summed E-state index contributed by atoms with van der Waals surface area (Å²) in [5, 5.41) is 19.5. The second-order valence-corrected chi connectivity index (χ2v) is 21.2. The van der Waals surface area contributed by atoms with Gasteiger partial charge in [-0.15, -0.1) is 0 Å². The Morgan fingerprint density at radius 1 is 0.400 bits per heavy atom. The van der Waals surface area contributed by atoms with Gasteiger partial charge >= 0.3 is 23.9 Å². The number of aryl methyl sites for hydroxylation is 2. The van der Waals surface area contributed by atoms with Gasteiger partial charge in [-0.1, -0.05) is 106 Å². The van der Waals surface area contributed by atoms with E-state index in [-0.39, 0.29) is 43.5 Å². The van der Waals surface area contributed by atoms with Crippen LogP contribution in [0.5, 0.6) is 0 Å². The molecule has 0 radical (unpaired) electrons. The molecular formula is C72H62N6O12. The van der Waals surface area contributed by atoms with Gasteiger partial charge in [0.1, 0.15) is 12.3 Å². The summed E-state index contributed by atoms with van der Waals surface area (Å²) in [6, 6.07) is 53.0. The number of hydrogen-bond acceptors (Lipinski definition) is 16. The van der Waals surface area contributed by atoms with E-state index < -0.39 is 23.9 Å². The highest BCUT2D eigenvalue weighted by molar-refractivity contribution is 6.19. The summed E-state index contributed by atoms with van der Waals surface area (Å²) in [5.41, 5.74) is 13.3. The first-order chi connectivity index (χ1) is 43.4.